The molecule has 2 rings (SSSR count). The molecular formula is C13H19N3O3. The van der Waals surface area contributed by atoms with Crippen LogP contribution < -0.4 is 4.90 Å². The van der Waals surface area contributed by atoms with E-state index in [4.69, 9.17) is 0 Å². The van der Waals surface area contributed by atoms with Gasteiger partial charge >= 0.3 is 5.97 Å². The molecule has 1 saturated heterocycles. The second-order valence-corrected chi connectivity index (χ2v) is 4.82. The Bertz CT molecular complexity index is 443. The lowest BCUT2D eigenvalue weighted by molar-refractivity contribution is 0.0593. The zero-order valence-corrected chi connectivity index (χ0v) is 11.2. The van der Waals surface area contributed by atoms with Crippen LogP contribution in [0.4, 0.5) is 5.82 Å². The number of methoxy groups -OCH3 is 1. The molecule has 1 atom stereocenters. The molecule has 1 unspecified atom stereocenters. The van der Waals surface area contributed by atoms with Gasteiger partial charge in [-0.25, -0.2) is 9.78 Å². The first-order valence-corrected chi connectivity index (χ1v) is 6.45. The van der Waals surface area contributed by atoms with E-state index in [1.165, 1.54) is 13.3 Å². The van der Waals surface area contributed by atoms with Crippen molar-refractivity contribution in [3.8, 4) is 0 Å². The Morgan fingerprint density at radius 2 is 2.16 bits per heavy atom. The average molecular weight is 265 g/mol. The Hall–Kier alpha value is -1.69. The van der Waals surface area contributed by atoms with Crippen molar-refractivity contribution in [2.24, 2.45) is 5.92 Å². The molecule has 6 heteroatoms. The summed E-state index contributed by atoms with van der Waals surface area (Å²) >= 11 is 0. The zero-order chi connectivity index (χ0) is 13.8. The predicted octanol–water partition coefficient (Wildman–Crippen LogP) is 0.860. The van der Waals surface area contributed by atoms with Gasteiger partial charge in [0.15, 0.2) is 5.69 Å². The van der Waals surface area contributed by atoms with Crippen LogP contribution in [0.15, 0.2) is 12.4 Å². The lowest BCUT2D eigenvalue weighted by Gasteiger charge is -2.33. The summed E-state index contributed by atoms with van der Waals surface area (Å²) < 4.78 is 4.63. The van der Waals surface area contributed by atoms with Crippen LogP contribution in [-0.4, -0.2) is 47.3 Å². The second kappa shape index (κ2) is 5.97. The number of carbonyl (C=O) groups is 1. The number of nitrogens with zero attached hydrogens (tertiary/aromatic N) is 3. The average Bonchev–Trinajstić information content (AvgIpc) is 2.46. The number of piperidine rings is 1. The van der Waals surface area contributed by atoms with Gasteiger partial charge in [0.25, 0.3) is 0 Å². The number of rotatable bonds is 3. The maximum absolute atomic E-state index is 11.4. The van der Waals surface area contributed by atoms with E-state index < -0.39 is 5.97 Å². The fraction of sp³-hybridized carbons (Fsp3) is 0.615. The van der Waals surface area contributed by atoms with E-state index in [9.17, 15) is 9.90 Å². The van der Waals surface area contributed by atoms with Crippen LogP contribution in [0, 0.1) is 5.92 Å². The minimum Gasteiger partial charge on any atom is -0.464 e. The molecule has 1 fully saturated rings. The molecule has 0 saturated carbocycles. The van der Waals surface area contributed by atoms with E-state index in [2.05, 4.69) is 19.6 Å². The minimum atomic E-state index is -0.479. The molecule has 19 heavy (non-hydrogen) atoms. The molecule has 6 nitrogen and oxygen atoms in total. The molecule has 0 spiro atoms. The van der Waals surface area contributed by atoms with Crippen molar-refractivity contribution in [3.05, 3.63) is 18.1 Å². The molecule has 1 N–H and O–H groups in total. The van der Waals surface area contributed by atoms with E-state index in [0.717, 1.165) is 25.9 Å². The SMILES string of the molecule is COC(=O)c1cncc(N2CCC(C(C)O)CC2)n1. The van der Waals surface area contributed by atoms with Crippen molar-refractivity contribution in [1.29, 1.82) is 0 Å². The van der Waals surface area contributed by atoms with Crippen molar-refractivity contribution >= 4 is 11.8 Å². The highest BCUT2D eigenvalue weighted by atomic mass is 16.5. The maximum atomic E-state index is 11.4. The van der Waals surface area contributed by atoms with Gasteiger partial charge in [0, 0.05) is 13.1 Å². The van der Waals surface area contributed by atoms with Crippen molar-refractivity contribution in [2.45, 2.75) is 25.9 Å². The van der Waals surface area contributed by atoms with E-state index in [1.54, 1.807) is 6.20 Å². The van der Waals surface area contributed by atoms with Crippen molar-refractivity contribution in [3.63, 3.8) is 0 Å². The van der Waals surface area contributed by atoms with Crippen LogP contribution in [0.5, 0.6) is 0 Å². The Balaban J connectivity index is 2.05. The number of aliphatic hydroxyl groups excluding tert-OH is 1. The smallest absolute Gasteiger partial charge is 0.358 e. The van der Waals surface area contributed by atoms with Gasteiger partial charge in [0.2, 0.25) is 0 Å². The summed E-state index contributed by atoms with van der Waals surface area (Å²) in [4.78, 5) is 21.8. The molecule has 0 aromatic carbocycles. The quantitative estimate of drug-likeness (QED) is 0.817. The van der Waals surface area contributed by atoms with E-state index in [-0.39, 0.29) is 11.8 Å². The fourth-order valence-corrected chi connectivity index (χ4v) is 2.32. The number of hydrogen-bond donors (Lipinski definition) is 1. The number of aromatic nitrogens is 2. The van der Waals surface area contributed by atoms with Gasteiger partial charge in [0.05, 0.1) is 25.6 Å². The van der Waals surface area contributed by atoms with Crippen LogP contribution >= 0.6 is 0 Å². The second-order valence-electron chi connectivity index (χ2n) is 4.82. The molecule has 1 aromatic rings. The molecule has 0 amide bonds. The third-order valence-corrected chi connectivity index (χ3v) is 3.56. The number of anilines is 1. The van der Waals surface area contributed by atoms with Crippen molar-refractivity contribution in [1.82, 2.24) is 9.97 Å². The van der Waals surface area contributed by atoms with Gasteiger partial charge in [-0.05, 0) is 25.7 Å². The van der Waals surface area contributed by atoms with Crippen LogP contribution in [0.3, 0.4) is 0 Å². The first-order valence-electron chi connectivity index (χ1n) is 6.45. The van der Waals surface area contributed by atoms with Crippen LogP contribution in [0.25, 0.3) is 0 Å². The normalized spacial score (nSPS) is 18.2. The molecule has 0 bridgehead atoms. The Kier molecular flexibility index (Phi) is 4.31. The van der Waals surface area contributed by atoms with Crippen LogP contribution in [0.1, 0.15) is 30.3 Å². The molecule has 1 aliphatic rings. The summed E-state index contributed by atoms with van der Waals surface area (Å²) in [6, 6.07) is 0. The van der Waals surface area contributed by atoms with Gasteiger partial charge in [0.1, 0.15) is 5.82 Å². The molecular weight excluding hydrogens is 246 g/mol. The Morgan fingerprint density at radius 3 is 2.74 bits per heavy atom. The first-order chi connectivity index (χ1) is 9.11. The summed E-state index contributed by atoms with van der Waals surface area (Å²) in [5.74, 6) is 0.549. The highest BCUT2D eigenvalue weighted by Crippen LogP contribution is 2.23. The maximum Gasteiger partial charge on any atom is 0.358 e. The van der Waals surface area contributed by atoms with Gasteiger partial charge in [-0.2, -0.15) is 0 Å². The summed E-state index contributed by atoms with van der Waals surface area (Å²) in [6.45, 7) is 3.46. The Morgan fingerprint density at radius 1 is 1.47 bits per heavy atom. The number of esters is 1. The van der Waals surface area contributed by atoms with Gasteiger partial charge in [-0.3, -0.25) is 4.98 Å². The van der Waals surface area contributed by atoms with Crippen molar-refractivity contribution < 1.29 is 14.6 Å². The summed E-state index contributed by atoms with van der Waals surface area (Å²) in [6.07, 6.45) is 4.62. The lowest BCUT2D eigenvalue weighted by Crippen LogP contribution is -2.37. The number of carbonyl (C=O) groups excluding carboxylic acids is 1. The van der Waals surface area contributed by atoms with Crippen LogP contribution in [0.2, 0.25) is 0 Å². The highest BCUT2D eigenvalue weighted by molar-refractivity contribution is 5.87. The topological polar surface area (TPSA) is 75.5 Å². The van der Waals surface area contributed by atoms with Crippen LogP contribution in [-0.2, 0) is 4.74 Å². The zero-order valence-electron chi connectivity index (χ0n) is 11.2. The van der Waals surface area contributed by atoms with E-state index >= 15 is 0 Å². The first kappa shape index (κ1) is 13.7. The third kappa shape index (κ3) is 3.20. The standard InChI is InChI=1S/C13H19N3O3/c1-9(17)10-3-5-16(6-4-10)12-8-14-7-11(15-12)13(18)19-2/h7-10,17H,3-6H2,1-2H3. The van der Waals surface area contributed by atoms with Gasteiger partial charge < -0.3 is 14.7 Å². The van der Waals surface area contributed by atoms with E-state index in [1.807, 2.05) is 6.92 Å². The molecule has 2 heterocycles. The third-order valence-electron chi connectivity index (χ3n) is 3.56. The largest absolute Gasteiger partial charge is 0.464 e. The number of aliphatic hydroxyl groups is 1. The predicted molar refractivity (Wildman–Crippen MR) is 70.0 cm³/mol. The number of hydrogen-bond acceptors (Lipinski definition) is 6. The monoisotopic (exact) mass is 265 g/mol. The molecule has 0 aliphatic carbocycles. The summed E-state index contributed by atoms with van der Waals surface area (Å²) in [5, 5.41) is 9.58. The van der Waals surface area contributed by atoms with Gasteiger partial charge in [-0.15, -0.1) is 0 Å². The molecule has 1 aromatic heterocycles. The summed E-state index contributed by atoms with van der Waals surface area (Å²) in [5.41, 5.74) is 0.220. The van der Waals surface area contributed by atoms with Crippen molar-refractivity contribution in [2.75, 3.05) is 25.1 Å². The highest BCUT2D eigenvalue weighted by Gasteiger charge is 2.24. The minimum absolute atomic E-state index is 0.220. The number of ether oxygens (including phenoxy) is 1. The Labute approximate surface area is 112 Å². The lowest BCUT2D eigenvalue weighted by atomic mass is 9.92. The van der Waals surface area contributed by atoms with E-state index in [0.29, 0.717) is 11.7 Å². The summed E-state index contributed by atoms with van der Waals surface area (Å²) in [7, 11) is 1.32. The molecule has 1 aliphatic heterocycles. The molecule has 104 valence electrons. The fourth-order valence-electron chi connectivity index (χ4n) is 2.32. The molecule has 0 radical (unpaired) electrons. The van der Waals surface area contributed by atoms with Gasteiger partial charge in [-0.1, -0.05) is 0 Å².